The Hall–Kier alpha value is -1.92. The largest absolute Gasteiger partial charge is 0.478 e. The average Bonchev–Trinajstić information content (AvgIpc) is 2.68. The van der Waals surface area contributed by atoms with Crippen LogP contribution in [0.5, 0.6) is 0 Å². The smallest absolute Gasteiger partial charge is 0.266 e. The monoisotopic (exact) mass is 389 g/mol. The van der Waals surface area contributed by atoms with Gasteiger partial charge in [-0.25, -0.2) is 12.7 Å². The normalized spacial score (nSPS) is 14.9. The van der Waals surface area contributed by atoms with E-state index in [1.54, 1.807) is 43.1 Å². The molecule has 0 saturated carbocycles. The van der Waals surface area contributed by atoms with Crippen LogP contribution in [0.25, 0.3) is 5.57 Å². The molecule has 0 saturated heterocycles. The Bertz CT molecular complexity index is 901. The van der Waals surface area contributed by atoms with Crippen LogP contribution in [0.1, 0.15) is 24.0 Å². The summed E-state index contributed by atoms with van der Waals surface area (Å²) in [6.45, 7) is 2.46. The quantitative estimate of drug-likeness (QED) is 0.706. The van der Waals surface area contributed by atoms with E-state index in [0.29, 0.717) is 12.5 Å². The molecule has 2 aromatic rings. The van der Waals surface area contributed by atoms with E-state index in [0.717, 1.165) is 29.5 Å². The Kier molecular flexibility index (Phi) is 5.63. The van der Waals surface area contributed by atoms with Crippen LogP contribution in [0.4, 0.5) is 0 Å². The van der Waals surface area contributed by atoms with Gasteiger partial charge in [-0.2, -0.15) is 0 Å². The lowest BCUT2D eigenvalue weighted by atomic mass is 10.0. The van der Waals surface area contributed by atoms with E-state index in [1.807, 2.05) is 37.4 Å². The van der Waals surface area contributed by atoms with Crippen molar-refractivity contribution in [2.75, 3.05) is 19.9 Å². The summed E-state index contributed by atoms with van der Waals surface area (Å²) >= 11 is 1.68. The van der Waals surface area contributed by atoms with Crippen molar-refractivity contribution in [3.63, 3.8) is 0 Å². The van der Waals surface area contributed by atoms with Crippen molar-refractivity contribution in [1.29, 1.82) is 0 Å². The number of benzene rings is 2. The Morgan fingerprint density at radius 3 is 2.31 bits per heavy atom. The summed E-state index contributed by atoms with van der Waals surface area (Å²) < 4.78 is 33.1. The van der Waals surface area contributed by atoms with Gasteiger partial charge in [0.15, 0.2) is 0 Å². The van der Waals surface area contributed by atoms with Crippen LogP contribution in [0.2, 0.25) is 0 Å². The van der Waals surface area contributed by atoms with Gasteiger partial charge < -0.3 is 4.74 Å². The highest BCUT2D eigenvalue weighted by atomic mass is 32.2. The summed E-state index contributed by atoms with van der Waals surface area (Å²) in [5.74, 6) is 0.425. The van der Waals surface area contributed by atoms with E-state index in [4.69, 9.17) is 4.74 Å². The summed E-state index contributed by atoms with van der Waals surface area (Å²) in [6, 6.07) is 15.0. The van der Waals surface area contributed by atoms with Crippen LogP contribution in [0.3, 0.4) is 0 Å². The predicted octanol–water partition coefficient (Wildman–Crippen LogP) is 4.52. The first kappa shape index (κ1) is 18.9. The van der Waals surface area contributed by atoms with Crippen molar-refractivity contribution in [3.05, 3.63) is 65.5 Å². The highest BCUT2D eigenvalue weighted by Gasteiger charge is 2.28. The number of nitrogens with zero attached hydrogens (tertiary/aromatic N) is 1. The molecule has 0 atom stereocenters. The number of hydrogen-bond acceptors (Lipinski definition) is 4. The third-order valence-electron chi connectivity index (χ3n) is 4.47. The van der Waals surface area contributed by atoms with Gasteiger partial charge >= 0.3 is 0 Å². The van der Waals surface area contributed by atoms with Crippen molar-refractivity contribution in [1.82, 2.24) is 4.31 Å². The van der Waals surface area contributed by atoms with E-state index in [9.17, 15) is 8.42 Å². The van der Waals surface area contributed by atoms with Gasteiger partial charge in [0, 0.05) is 17.5 Å². The minimum atomic E-state index is -3.66. The minimum absolute atomic E-state index is 0.268. The van der Waals surface area contributed by atoms with Crippen LogP contribution in [0.15, 0.2) is 64.2 Å². The third-order valence-corrected chi connectivity index (χ3v) is 6.97. The molecule has 0 spiro atoms. The lowest BCUT2D eigenvalue weighted by Gasteiger charge is -2.28. The van der Waals surface area contributed by atoms with Crippen molar-refractivity contribution in [3.8, 4) is 0 Å². The molecule has 1 aliphatic rings. The lowest BCUT2D eigenvalue weighted by Crippen LogP contribution is -2.30. The number of ether oxygens (including phenoxy) is 1. The first-order chi connectivity index (χ1) is 12.4. The summed E-state index contributed by atoms with van der Waals surface area (Å²) in [5, 5.41) is 0. The topological polar surface area (TPSA) is 46.6 Å². The highest BCUT2D eigenvalue weighted by molar-refractivity contribution is 7.98. The van der Waals surface area contributed by atoms with Crippen LogP contribution in [-0.2, 0) is 14.8 Å². The average molecular weight is 390 g/mol. The first-order valence-electron chi connectivity index (χ1n) is 8.49. The van der Waals surface area contributed by atoms with Gasteiger partial charge in [-0.1, -0.05) is 29.8 Å². The molecule has 0 radical (unpaired) electrons. The zero-order chi connectivity index (χ0) is 18.7. The van der Waals surface area contributed by atoms with Gasteiger partial charge in [0.2, 0.25) is 5.88 Å². The first-order valence-corrected chi connectivity index (χ1v) is 11.2. The van der Waals surface area contributed by atoms with Gasteiger partial charge in [-0.05, 0) is 55.9 Å². The molecule has 26 heavy (non-hydrogen) atoms. The van der Waals surface area contributed by atoms with Crippen LogP contribution in [-0.4, -0.2) is 32.6 Å². The summed E-state index contributed by atoms with van der Waals surface area (Å²) in [6.07, 6.45) is 3.70. The van der Waals surface area contributed by atoms with E-state index >= 15 is 0 Å². The van der Waals surface area contributed by atoms with Crippen LogP contribution < -0.4 is 0 Å². The summed E-state index contributed by atoms with van der Waals surface area (Å²) in [5.41, 5.74) is 2.96. The molecule has 3 rings (SSSR count). The molecular formula is C20H23NO3S2. The Labute approximate surface area is 159 Å². The lowest BCUT2D eigenvalue weighted by molar-refractivity contribution is 0.150. The fraction of sp³-hybridized carbons (Fsp3) is 0.300. The number of hydrogen-bond donors (Lipinski definition) is 0. The number of allylic oxidation sites excluding steroid dienone is 1. The number of aryl methyl sites for hydroxylation is 1. The molecule has 1 heterocycles. The fourth-order valence-electron chi connectivity index (χ4n) is 2.93. The Morgan fingerprint density at radius 2 is 1.69 bits per heavy atom. The molecule has 0 N–H and O–H groups in total. The second-order valence-corrected chi connectivity index (χ2v) is 9.10. The maximum Gasteiger partial charge on any atom is 0.266 e. The maximum atomic E-state index is 13.0. The van der Waals surface area contributed by atoms with Crippen LogP contribution >= 0.6 is 11.8 Å². The fourth-order valence-corrected chi connectivity index (χ4v) is 4.52. The highest BCUT2D eigenvalue weighted by Crippen LogP contribution is 2.33. The standard InChI is InChI=1S/C20H23NO3S2/c1-15-6-12-18(13-7-15)26(22,23)21(2)20-19(5-4-14-24-20)16-8-10-17(25-3)11-9-16/h6-13H,4-5,14H2,1-3H3. The van der Waals surface area contributed by atoms with Gasteiger partial charge in [0.1, 0.15) is 0 Å². The number of thioether (sulfide) groups is 1. The molecule has 4 nitrogen and oxygen atoms in total. The van der Waals surface area contributed by atoms with Crippen molar-refractivity contribution < 1.29 is 13.2 Å². The van der Waals surface area contributed by atoms with E-state index in [1.165, 1.54) is 9.20 Å². The van der Waals surface area contributed by atoms with Gasteiger partial charge in [-0.15, -0.1) is 11.8 Å². The van der Waals surface area contributed by atoms with Gasteiger partial charge in [0.05, 0.1) is 11.5 Å². The summed E-state index contributed by atoms with van der Waals surface area (Å²) in [4.78, 5) is 1.44. The molecule has 138 valence electrons. The molecule has 0 fully saturated rings. The predicted molar refractivity (Wildman–Crippen MR) is 106 cm³/mol. The van der Waals surface area contributed by atoms with E-state index in [-0.39, 0.29) is 4.90 Å². The van der Waals surface area contributed by atoms with Gasteiger partial charge in [0.25, 0.3) is 10.0 Å². The molecular weight excluding hydrogens is 366 g/mol. The third kappa shape index (κ3) is 3.76. The molecule has 0 bridgehead atoms. The summed E-state index contributed by atoms with van der Waals surface area (Å²) in [7, 11) is -2.10. The molecule has 0 aliphatic carbocycles. The second-order valence-electron chi connectivity index (χ2n) is 6.25. The number of rotatable bonds is 5. The number of sulfonamides is 1. The van der Waals surface area contributed by atoms with Crippen molar-refractivity contribution in [2.45, 2.75) is 29.6 Å². The molecule has 2 aromatic carbocycles. The minimum Gasteiger partial charge on any atom is -0.478 e. The SMILES string of the molecule is CSc1ccc(C2=C(N(C)S(=O)(=O)c3ccc(C)cc3)OCCC2)cc1. The molecule has 0 aromatic heterocycles. The zero-order valence-electron chi connectivity index (χ0n) is 15.2. The zero-order valence-corrected chi connectivity index (χ0v) is 16.9. The Morgan fingerprint density at radius 1 is 1.04 bits per heavy atom. The van der Waals surface area contributed by atoms with Gasteiger partial charge in [-0.3, -0.25) is 0 Å². The van der Waals surface area contributed by atoms with Crippen molar-refractivity contribution in [2.24, 2.45) is 0 Å². The van der Waals surface area contributed by atoms with E-state index < -0.39 is 10.0 Å². The van der Waals surface area contributed by atoms with Crippen LogP contribution in [0, 0.1) is 6.92 Å². The van der Waals surface area contributed by atoms with E-state index in [2.05, 4.69) is 0 Å². The molecule has 1 aliphatic heterocycles. The Balaban J connectivity index is 2.02. The second kappa shape index (κ2) is 7.76. The maximum absolute atomic E-state index is 13.0. The molecule has 6 heteroatoms. The molecule has 0 amide bonds. The van der Waals surface area contributed by atoms with Crippen molar-refractivity contribution >= 4 is 27.4 Å². The molecule has 0 unspecified atom stereocenters.